The molecule has 3 rings (SSSR count). The number of hydroxylamine groups is 1. The van der Waals surface area contributed by atoms with E-state index in [4.69, 9.17) is 4.84 Å². The van der Waals surface area contributed by atoms with Gasteiger partial charge in [-0.3, -0.25) is 4.84 Å². The first-order valence-corrected chi connectivity index (χ1v) is 6.60. The Hall–Kier alpha value is -0.190. The summed E-state index contributed by atoms with van der Waals surface area (Å²) in [5, 5.41) is 3.39. The molecule has 2 N–H and O–H groups in total. The number of rotatable bonds is 1. The molecule has 0 aromatic rings. The summed E-state index contributed by atoms with van der Waals surface area (Å²) in [5.74, 6) is 1.27. The van der Waals surface area contributed by atoms with Gasteiger partial charge in [0.1, 0.15) is 6.17 Å². The third-order valence-electron chi connectivity index (χ3n) is 4.49. The topological polar surface area (TPSA) is 33.3 Å². The summed E-state index contributed by atoms with van der Waals surface area (Å²) in [7, 11) is 0. The van der Waals surface area contributed by atoms with Gasteiger partial charge < -0.3 is 5.32 Å². The molecule has 2 heterocycles. The van der Waals surface area contributed by atoms with E-state index in [1.54, 1.807) is 0 Å². The third-order valence-corrected chi connectivity index (χ3v) is 4.49. The van der Waals surface area contributed by atoms with Gasteiger partial charge in [0.15, 0.2) is 0 Å². The maximum atomic E-state index is 13.3. The quantitative estimate of drug-likeness (QED) is 0.711. The Kier molecular flexibility index (Phi) is 3.14. The molecule has 4 heteroatoms. The molecule has 3 aliphatic rings. The maximum absolute atomic E-state index is 13.3. The molecule has 4 unspecified atom stereocenters. The van der Waals surface area contributed by atoms with Crippen molar-refractivity contribution in [3.63, 3.8) is 0 Å². The lowest BCUT2D eigenvalue weighted by Gasteiger charge is -2.33. The number of hydrogen-bond donors (Lipinski definition) is 2. The fourth-order valence-electron chi connectivity index (χ4n) is 3.55. The molecule has 0 spiro atoms. The van der Waals surface area contributed by atoms with Gasteiger partial charge in [-0.2, -0.15) is 5.48 Å². The lowest BCUT2D eigenvalue weighted by molar-refractivity contribution is -0.0132. The van der Waals surface area contributed by atoms with Gasteiger partial charge in [-0.05, 0) is 44.7 Å². The van der Waals surface area contributed by atoms with Crippen LogP contribution in [0.5, 0.6) is 0 Å². The van der Waals surface area contributed by atoms with Crippen LogP contribution in [0.1, 0.15) is 32.1 Å². The molecule has 0 bridgehead atoms. The van der Waals surface area contributed by atoms with Crippen LogP contribution in [-0.2, 0) is 4.84 Å². The predicted octanol–water partition coefficient (Wildman–Crippen LogP) is 1.40. The SMILES string of the molecule is FC1CCC2C(C1)ONC2C1CCNCC1. The standard InChI is InChI=1S/C12H21FN2O/c13-9-1-2-10-11(7-9)16-15-12(10)8-3-5-14-6-4-8/h8-12,14-15H,1-7H2. The molecule has 2 aliphatic heterocycles. The molecule has 3 fully saturated rings. The smallest absolute Gasteiger partial charge is 0.103 e. The van der Waals surface area contributed by atoms with Crippen molar-refractivity contribution in [2.45, 2.75) is 50.4 Å². The molecule has 3 nitrogen and oxygen atoms in total. The fraction of sp³-hybridized carbons (Fsp3) is 1.00. The monoisotopic (exact) mass is 228 g/mol. The zero-order valence-electron chi connectivity index (χ0n) is 9.62. The first-order valence-electron chi connectivity index (χ1n) is 6.60. The molecule has 1 saturated carbocycles. The maximum Gasteiger partial charge on any atom is 0.103 e. The van der Waals surface area contributed by atoms with E-state index in [1.807, 2.05) is 0 Å². The summed E-state index contributed by atoms with van der Waals surface area (Å²) < 4.78 is 13.3. The number of hydrogen-bond acceptors (Lipinski definition) is 3. The Morgan fingerprint density at radius 2 is 1.88 bits per heavy atom. The van der Waals surface area contributed by atoms with Crippen molar-refractivity contribution in [2.24, 2.45) is 11.8 Å². The van der Waals surface area contributed by atoms with Crippen molar-refractivity contribution in [3.05, 3.63) is 0 Å². The fourth-order valence-corrected chi connectivity index (χ4v) is 3.55. The Morgan fingerprint density at radius 1 is 1.06 bits per heavy atom. The molecule has 0 aromatic carbocycles. The summed E-state index contributed by atoms with van der Waals surface area (Å²) in [6.45, 7) is 2.23. The lowest BCUT2D eigenvalue weighted by Crippen LogP contribution is -2.42. The first-order chi connectivity index (χ1) is 7.84. The lowest BCUT2D eigenvalue weighted by atomic mass is 9.75. The van der Waals surface area contributed by atoms with Crippen LogP contribution >= 0.6 is 0 Å². The minimum Gasteiger partial charge on any atom is -0.317 e. The van der Waals surface area contributed by atoms with Crippen molar-refractivity contribution in [3.8, 4) is 0 Å². The Balaban J connectivity index is 1.64. The van der Waals surface area contributed by atoms with Gasteiger partial charge in [0.05, 0.1) is 6.10 Å². The van der Waals surface area contributed by atoms with Crippen molar-refractivity contribution in [1.29, 1.82) is 0 Å². The van der Waals surface area contributed by atoms with Crippen molar-refractivity contribution in [1.82, 2.24) is 10.8 Å². The van der Waals surface area contributed by atoms with E-state index in [-0.39, 0.29) is 6.10 Å². The summed E-state index contributed by atoms with van der Waals surface area (Å²) in [6, 6.07) is 0.472. The molecule has 0 amide bonds. The van der Waals surface area contributed by atoms with Crippen LogP contribution in [0.25, 0.3) is 0 Å². The zero-order chi connectivity index (χ0) is 11.0. The molecule has 0 radical (unpaired) electrons. The second-order valence-electron chi connectivity index (χ2n) is 5.46. The van der Waals surface area contributed by atoms with Crippen molar-refractivity contribution in [2.75, 3.05) is 13.1 Å². The highest BCUT2D eigenvalue weighted by Crippen LogP contribution is 2.38. The highest BCUT2D eigenvalue weighted by Gasteiger charge is 2.44. The molecule has 4 atom stereocenters. The largest absolute Gasteiger partial charge is 0.317 e. The molecule has 16 heavy (non-hydrogen) atoms. The minimum atomic E-state index is -0.644. The summed E-state index contributed by atoms with van der Waals surface area (Å²) in [5.41, 5.74) is 3.19. The second-order valence-corrected chi connectivity index (χ2v) is 5.46. The van der Waals surface area contributed by atoms with Crippen LogP contribution in [0.4, 0.5) is 4.39 Å². The van der Waals surface area contributed by atoms with Crippen molar-refractivity contribution < 1.29 is 9.23 Å². The van der Waals surface area contributed by atoms with Gasteiger partial charge in [0.25, 0.3) is 0 Å². The summed E-state index contributed by atoms with van der Waals surface area (Å²) in [6.07, 6.45) is 4.26. The van der Waals surface area contributed by atoms with Crippen LogP contribution in [0.2, 0.25) is 0 Å². The summed E-state index contributed by atoms with van der Waals surface area (Å²) >= 11 is 0. The molecular weight excluding hydrogens is 207 g/mol. The Bertz CT molecular complexity index is 245. The van der Waals surface area contributed by atoms with Crippen LogP contribution in [0.3, 0.4) is 0 Å². The highest BCUT2D eigenvalue weighted by atomic mass is 19.1. The predicted molar refractivity (Wildman–Crippen MR) is 59.6 cm³/mol. The molecule has 2 saturated heterocycles. The number of nitrogens with one attached hydrogen (secondary N) is 2. The van der Waals surface area contributed by atoms with Gasteiger partial charge in [-0.15, -0.1) is 0 Å². The second kappa shape index (κ2) is 4.59. The van der Waals surface area contributed by atoms with Crippen LogP contribution in [-0.4, -0.2) is 31.4 Å². The highest BCUT2D eigenvalue weighted by molar-refractivity contribution is 4.95. The number of halogens is 1. The van der Waals surface area contributed by atoms with Gasteiger partial charge in [0.2, 0.25) is 0 Å². The van der Waals surface area contributed by atoms with Gasteiger partial charge in [-0.1, -0.05) is 0 Å². The molecular formula is C12H21FN2O. The minimum absolute atomic E-state index is 0.128. The molecule has 92 valence electrons. The Morgan fingerprint density at radius 3 is 2.69 bits per heavy atom. The zero-order valence-corrected chi connectivity index (χ0v) is 9.62. The van der Waals surface area contributed by atoms with Crippen molar-refractivity contribution >= 4 is 0 Å². The molecule has 1 aliphatic carbocycles. The molecule has 0 aromatic heterocycles. The average Bonchev–Trinajstić information content (AvgIpc) is 2.73. The van der Waals surface area contributed by atoms with Crippen LogP contribution < -0.4 is 10.8 Å². The van der Waals surface area contributed by atoms with Crippen LogP contribution in [0.15, 0.2) is 0 Å². The van der Waals surface area contributed by atoms with Gasteiger partial charge in [-0.25, -0.2) is 4.39 Å². The van der Waals surface area contributed by atoms with Crippen LogP contribution in [0, 0.1) is 11.8 Å². The van der Waals surface area contributed by atoms with E-state index in [9.17, 15) is 4.39 Å². The van der Waals surface area contributed by atoms with E-state index in [2.05, 4.69) is 10.8 Å². The number of piperidine rings is 1. The van der Waals surface area contributed by atoms with Gasteiger partial charge in [0, 0.05) is 18.4 Å². The van der Waals surface area contributed by atoms with E-state index < -0.39 is 6.17 Å². The number of alkyl halides is 1. The van der Waals surface area contributed by atoms with E-state index in [0.29, 0.717) is 24.3 Å². The van der Waals surface area contributed by atoms with E-state index in [1.165, 1.54) is 12.8 Å². The van der Waals surface area contributed by atoms with Gasteiger partial charge >= 0.3 is 0 Å². The Labute approximate surface area is 96.1 Å². The summed E-state index contributed by atoms with van der Waals surface area (Å²) in [4.78, 5) is 5.58. The average molecular weight is 228 g/mol. The third kappa shape index (κ3) is 1.98. The van der Waals surface area contributed by atoms with E-state index >= 15 is 0 Å². The van der Waals surface area contributed by atoms with E-state index in [0.717, 1.165) is 25.9 Å². The first kappa shape index (κ1) is 10.9. The normalized spacial score (nSPS) is 45.6. The number of fused-ring (bicyclic) bond motifs is 1.